The van der Waals surface area contributed by atoms with Crippen LogP contribution in [0.4, 0.5) is 8.78 Å². The Kier molecular flexibility index (Phi) is 3.81. The SMILES string of the molecule is O=C(NCC(F)(F)CO)c1ccc(Br)o1. The summed E-state index contributed by atoms with van der Waals surface area (Å²) in [6, 6.07) is 2.82. The summed E-state index contributed by atoms with van der Waals surface area (Å²) in [4.78, 5) is 11.2. The Labute approximate surface area is 92.4 Å². The van der Waals surface area contributed by atoms with Crippen LogP contribution in [0.15, 0.2) is 21.2 Å². The first-order chi connectivity index (χ1) is 6.94. The molecule has 84 valence electrons. The van der Waals surface area contributed by atoms with Gasteiger partial charge in [0.15, 0.2) is 10.4 Å². The van der Waals surface area contributed by atoms with Gasteiger partial charge in [0.1, 0.15) is 6.61 Å². The van der Waals surface area contributed by atoms with Gasteiger partial charge in [-0.05, 0) is 28.1 Å². The van der Waals surface area contributed by atoms with E-state index in [9.17, 15) is 13.6 Å². The van der Waals surface area contributed by atoms with Crippen molar-refractivity contribution in [1.82, 2.24) is 5.32 Å². The van der Waals surface area contributed by atoms with Gasteiger partial charge in [-0.15, -0.1) is 0 Å². The molecular weight excluding hydrogens is 276 g/mol. The van der Waals surface area contributed by atoms with Gasteiger partial charge in [-0.3, -0.25) is 4.79 Å². The van der Waals surface area contributed by atoms with Crippen LogP contribution < -0.4 is 5.32 Å². The van der Waals surface area contributed by atoms with Crippen LogP contribution in [0.25, 0.3) is 0 Å². The Balaban J connectivity index is 2.50. The molecule has 0 unspecified atom stereocenters. The van der Waals surface area contributed by atoms with Gasteiger partial charge in [0.2, 0.25) is 0 Å². The van der Waals surface area contributed by atoms with Gasteiger partial charge in [0.05, 0.1) is 6.54 Å². The summed E-state index contributed by atoms with van der Waals surface area (Å²) >= 11 is 2.97. The standard InChI is InChI=1S/C8H8BrF2NO3/c9-6-2-1-5(15-6)7(14)12-3-8(10,11)4-13/h1-2,13H,3-4H2,(H,12,14). The number of carbonyl (C=O) groups is 1. The molecule has 0 aliphatic heterocycles. The minimum Gasteiger partial charge on any atom is -0.444 e. The van der Waals surface area contributed by atoms with E-state index in [0.29, 0.717) is 4.67 Å². The number of aliphatic hydroxyl groups excluding tert-OH is 1. The van der Waals surface area contributed by atoms with Crippen LogP contribution in [0, 0.1) is 0 Å². The van der Waals surface area contributed by atoms with Gasteiger partial charge in [-0.1, -0.05) is 0 Å². The molecule has 0 aliphatic rings. The highest BCUT2D eigenvalue weighted by molar-refractivity contribution is 9.10. The third kappa shape index (κ3) is 3.60. The quantitative estimate of drug-likeness (QED) is 0.878. The molecule has 0 spiro atoms. The average Bonchev–Trinajstić information content (AvgIpc) is 2.61. The van der Waals surface area contributed by atoms with E-state index in [1.807, 2.05) is 5.32 Å². The molecule has 7 heteroatoms. The topological polar surface area (TPSA) is 62.5 Å². The zero-order valence-corrected chi connectivity index (χ0v) is 9.05. The number of carbonyl (C=O) groups excluding carboxylic acids is 1. The predicted molar refractivity (Wildman–Crippen MR) is 50.8 cm³/mol. The van der Waals surface area contributed by atoms with Crippen LogP contribution in [-0.2, 0) is 0 Å². The highest BCUT2D eigenvalue weighted by Crippen LogP contribution is 2.14. The van der Waals surface area contributed by atoms with Crippen molar-refractivity contribution in [1.29, 1.82) is 0 Å². The Morgan fingerprint density at radius 1 is 1.60 bits per heavy atom. The third-order valence-corrected chi connectivity index (χ3v) is 1.96. The summed E-state index contributed by atoms with van der Waals surface area (Å²) in [5.74, 6) is -4.15. The Morgan fingerprint density at radius 2 is 2.27 bits per heavy atom. The largest absolute Gasteiger partial charge is 0.444 e. The number of halogens is 3. The minimum atomic E-state index is -3.32. The van der Waals surface area contributed by atoms with Gasteiger partial charge in [0, 0.05) is 0 Å². The number of rotatable bonds is 4. The second-order valence-electron chi connectivity index (χ2n) is 2.80. The second kappa shape index (κ2) is 4.71. The van der Waals surface area contributed by atoms with E-state index < -0.39 is 25.0 Å². The lowest BCUT2D eigenvalue weighted by molar-refractivity contribution is -0.0463. The fourth-order valence-corrected chi connectivity index (χ4v) is 1.10. The van der Waals surface area contributed by atoms with Crippen LogP contribution in [-0.4, -0.2) is 30.1 Å². The number of alkyl halides is 2. The van der Waals surface area contributed by atoms with Gasteiger partial charge in [-0.2, -0.15) is 0 Å². The maximum absolute atomic E-state index is 12.5. The highest BCUT2D eigenvalue weighted by atomic mass is 79.9. The van der Waals surface area contributed by atoms with Crippen molar-refractivity contribution in [3.8, 4) is 0 Å². The van der Waals surface area contributed by atoms with E-state index in [0.717, 1.165) is 0 Å². The van der Waals surface area contributed by atoms with Crippen molar-refractivity contribution in [2.75, 3.05) is 13.2 Å². The van der Waals surface area contributed by atoms with Crippen LogP contribution in [0.5, 0.6) is 0 Å². The summed E-state index contributed by atoms with van der Waals surface area (Å²) in [7, 11) is 0. The summed E-state index contributed by atoms with van der Waals surface area (Å²) in [6.45, 7) is -2.24. The molecule has 0 saturated heterocycles. The van der Waals surface area contributed by atoms with Crippen LogP contribution in [0.1, 0.15) is 10.6 Å². The molecule has 15 heavy (non-hydrogen) atoms. The number of furan rings is 1. The Morgan fingerprint density at radius 3 is 2.73 bits per heavy atom. The maximum Gasteiger partial charge on any atom is 0.287 e. The van der Waals surface area contributed by atoms with Crippen molar-refractivity contribution >= 4 is 21.8 Å². The Hall–Kier alpha value is -0.950. The van der Waals surface area contributed by atoms with E-state index >= 15 is 0 Å². The van der Waals surface area contributed by atoms with Crippen LogP contribution >= 0.6 is 15.9 Å². The van der Waals surface area contributed by atoms with Crippen molar-refractivity contribution in [3.63, 3.8) is 0 Å². The van der Waals surface area contributed by atoms with E-state index in [-0.39, 0.29) is 5.76 Å². The molecule has 1 heterocycles. The molecule has 1 amide bonds. The Bertz CT molecular complexity index is 353. The zero-order chi connectivity index (χ0) is 11.5. The van der Waals surface area contributed by atoms with E-state index in [2.05, 4.69) is 15.9 Å². The minimum absolute atomic E-state index is 0.0735. The second-order valence-corrected chi connectivity index (χ2v) is 3.58. The van der Waals surface area contributed by atoms with Crippen molar-refractivity contribution in [2.24, 2.45) is 0 Å². The van der Waals surface area contributed by atoms with Crippen LogP contribution in [0.2, 0.25) is 0 Å². The smallest absolute Gasteiger partial charge is 0.287 e. The highest BCUT2D eigenvalue weighted by Gasteiger charge is 2.28. The lowest BCUT2D eigenvalue weighted by Gasteiger charge is -2.12. The fourth-order valence-electron chi connectivity index (χ4n) is 0.789. The normalized spacial score (nSPS) is 11.5. The number of hydrogen-bond acceptors (Lipinski definition) is 3. The van der Waals surface area contributed by atoms with Gasteiger partial charge in [-0.25, -0.2) is 8.78 Å². The fraction of sp³-hybridized carbons (Fsp3) is 0.375. The molecule has 0 atom stereocenters. The van der Waals surface area contributed by atoms with E-state index in [1.54, 1.807) is 0 Å². The molecule has 2 N–H and O–H groups in total. The molecule has 1 aromatic rings. The number of aliphatic hydroxyl groups is 1. The summed E-state index contributed by atoms with van der Waals surface area (Å²) < 4.78 is 30.2. The lowest BCUT2D eigenvalue weighted by Crippen LogP contribution is -2.38. The van der Waals surface area contributed by atoms with Crippen molar-refractivity contribution in [2.45, 2.75) is 5.92 Å². The molecule has 0 radical (unpaired) electrons. The van der Waals surface area contributed by atoms with E-state index in [4.69, 9.17) is 9.52 Å². The number of hydrogen-bond donors (Lipinski definition) is 2. The first-order valence-corrected chi connectivity index (χ1v) is 4.76. The van der Waals surface area contributed by atoms with E-state index in [1.165, 1.54) is 12.1 Å². The summed E-state index contributed by atoms with van der Waals surface area (Å²) in [6.07, 6.45) is 0. The van der Waals surface area contributed by atoms with Crippen LogP contribution in [0.3, 0.4) is 0 Å². The molecule has 4 nitrogen and oxygen atoms in total. The molecule has 0 bridgehead atoms. The van der Waals surface area contributed by atoms with Crippen molar-refractivity contribution < 1.29 is 23.1 Å². The van der Waals surface area contributed by atoms with Crippen molar-refractivity contribution in [3.05, 3.63) is 22.6 Å². The summed E-state index contributed by atoms with van der Waals surface area (Å²) in [5, 5.41) is 10.2. The molecule has 0 aliphatic carbocycles. The van der Waals surface area contributed by atoms with Gasteiger partial charge < -0.3 is 14.8 Å². The predicted octanol–water partition coefficient (Wildman–Crippen LogP) is 1.40. The molecule has 0 fully saturated rings. The zero-order valence-electron chi connectivity index (χ0n) is 7.47. The van der Waals surface area contributed by atoms with Gasteiger partial charge in [0.25, 0.3) is 11.8 Å². The average molecular weight is 284 g/mol. The van der Waals surface area contributed by atoms with Gasteiger partial charge >= 0.3 is 0 Å². The maximum atomic E-state index is 12.5. The molecule has 1 aromatic heterocycles. The number of nitrogens with one attached hydrogen (secondary N) is 1. The molecular formula is C8H8BrF2NO3. The third-order valence-electron chi connectivity index (χ3n) is 1.54. The lowest BCUT2D eigenvalue weighted by atomic mass is 10.3. The molecule has 1 rings (SSSR count). The molecule has 0 saturated carbocycles. The monoisotopic (exact) mass is 283 g/mol. The summed E-state index contributed by atoms with van der Waals surface area (Å²) in [5.41, 5.74) is 0. The number of amides is 1. The first-order valence-electron chi connectivity index (χ1n) is 3.97. The first kappa shape index (κ1) is 12.1. The molecule has 0 aromatic carbocycles.